The predicted octanol–water partition coefficient (Wildman–Crippen LogP) is 2.96. The molecule has 0 atom stereocenters. The number of para-hydroxylation sites is 1. The van der Waals surface area contributed by atoms with Crippen LogP contribution in [0.1, 0.15) is 11.1 Å². The van der Waals surface area contributed by atoms with Crippen LogP contribution in [0, 0.1) is 0 Å². The van der Waals surface area contributed by atoms with Gasteiger partial charge in [-0.1, -0.05) is 12.1 Å². The zero-order valence-corrected chi connectivity index (χ0v) is 13.4. The number of nitrogens with one attached hydrogen (secondary N) is 2. The van der Waals surface area contributed by atoms with Crippen molar-refractivity contribution in [2.45, 2.75) is 4.90 Å². The SMILES string of the molecule is Nc1cccc2c1NCC2=Cc1c[nH]c2ccc(S(=O)(=O)O)cc12. The van der Waals surface area contributed by atoms with Crippen LogP contribution in [-0.2, 0) is 10.1 Å². The highest BCUT2D eigenvalue weighted by Crippen LogP contribution is 2.36. The van der Waals surface area contributed by atoms with Crippen LogP contribution in [0.3, 0.4) is 0 Å². The molecule has 5 N–H and O–H groups in total. The maximum Gasteiger partial charge on any atom is 0.294 e. The molecule has 0 unspecified atom stereocenters. The number of nitrogen functional groups attached to an aromatic ring is 1. The van der Waals surface area contributed by atoms with Crippen LogP contribution in [0.25, 0.3) is 22.6 Å². The first-order valence-electron chi connectivity index (χ1n) is 7.35. The molecule has 4 rings (SSSR count). The second-order valence-electron chi connectivity index (χ2n) is 5.72. The summed E-state index contributed by atoms with van der Waals surface area (Å²) in [5.74, 6) is 0. The molecule has 0 spiro atoms. The molecule has 0 saturated carbocycles. The first-order chi connectivity index (χ1) is 11.4. The van der Waals surface area contributed by atoms with Gasteiger partial charge in [-0.15, -0.1) is 0 Å². The maximum atomic E-state index is 11.4. The summed E-state index contributed by atoms with van der Waals surface area (Å²) in [6, 6.07) is 10.2. The zero-order valence-electron chi connectivity index (χ0n) is 12.6. The number of aromatic nitrogens is 1. The molecule has 3 aromatic rings. The van der Waals surface area contributed by atoms with Crippen molar-refractivity contribution < 1.29 is 13.0 Å². The molecule has 0 aliphatic carbocycles. The summed E-state index contributed by atoms with van der Waals surface area (Å²) < 4.78 is 32.0. The lowest BCUT2D eigenvalue weighted by molar-refractivity contribution is 0.483. The number of aromatic amines is 1. The molecule has 0 fully saturated rings. The van der Waals surface area contributed by atoms with Crippen LogP contribution in [0.2, 0.25) is 0 Å². The molecule has 2 aromatic carbocycles. The lowest BCUT2D eigenvalue weighted by Crippen LogP contribution is -1.97. The van der Waals surface area contributed by atoms with Crippen LogP contribution >= 0.6 is 0 Å². The standard InChI is InChI=1S/C17H15N3O3S/c18-15-3-1-2-13-10(9-20-17(13)15)6-11-8-19-16-5-4-12(7-14(11)16)24(21,22)23/h1-8,19-20H,9,18H2,(H,21,22,23). The van der Waals surface area contributed by atoms with E-state index in [0.29, 0.717) is 12.2 Å². The zero-order chi connectivity index (χ0) is 16.9. The van der Waals surface area contributed by atoms with Gasteiger partial charge in [-0.25, -0.2) is 0 Å². The molecule has 122 valence electrons. The van der Waals surface area contributed by atoms with Crippen molar-refractivity contribution in [1.82, 2.24) is 4.98 Å². The minimum absolute atomic E-state index is 0.122. The number of benzene rings is 2. The average molecular weight is 341 g/mol. The molecular formula is C17H15N3O3S. The summed E-state index contributed by atoms with van der Waals surface area (Å²) in [6.07, 6.45) is 3.81. The molecule has 0 amide bonds. The lowest BCUT2D eigenvalue weighted by Gasteiger charge is -2.02. The third kappa shape index (κ3) is 2.34. The minimum atomic E-state index is -4.23. The number of nitrogens with two attached hydrogens (primary N) is 1. The Labute approximate surface area is 138 Å². The van der Waals surface area contributed by atoms with Crippen LogP contribution in [0.5, 0.6) is 0 Å². The summed E-state index contributed by atoms with van der Waals surface area (Å²) >= 11 is 0. The quantitative estimate of drug-likeness (QED) is 0.423. The Hall–Kier alpha value is -2.77. The number of rotatable bonds is 2. The van der Waals surface area contributed by atoms with Gasteiger partial charge in [0.05, 0.1) is 16.3 Å². The first kappa shape index (κ1) is 14.8. The first-order valence-corrected chi connectivity index (χ1v) is 8.79. The van der Waals surface area contributed by atoms with Gasteiger partial charge in [-0.05, 0) is 35.9 Å². The number of fused-ring (bicyclic) bond motifs is 2. The van der Waals surface area contributed by atoms with Crippen molar-refractivity contribution in [3.05, 3.63) is 53.7 Å². The van der Waals surface area contributed by atoms with Gasteiger partial charge in [-0.3, -0.25) is 4.55 Å². The molecule has 2 heterocycles. The highest BCUT2D eigenvalue weighted by atomic mass is 32.2. The monoisotopic (exact) mass is 341 g/mol. The fraction of sp³-hybridized carbons (Fsp3) is 0.0588. The molecule has 7 heteroatoms. The molecule has 1 aromatic heterocycles. The van der Waals surface area contributed by atoms with E-state index in [9.17, 15) is 13.0 Å². The topological polar surface area (TPSA) is 108 Å². The van der Waals surface area contributed by atoms with Crippen LogP contribution in [-0.4, -0.2) is 24.5 Å². The van der Waals surface area contributed by atoms with Gasteiger partial charge in [0.2, 0.25) is 0 Å². The van der Waals surface area contributed by atoms with Gasteiger partial charge in [0.25, 0.3) is 10.1 Å². The second kappa shape index (κ2) is 5.12. The van der Waals surface area contributed by atoms with Crippen molar-refractivity contribution in [3.8, 4) is 0 Å². The Morgan fingerprint density at radius 1 is 1.21 bits per heavy atom. The maximum absolute atomic E-state index is 11.4. The second-order valence-corrected chi connectivity index (χ2v) is 7.14. The van der Waals surface area contributed by atoms with E-state index in [4.69, 9.17) is 5.73 Å². The van der Waals surface area contributed by atoms with Gasteiger partial charge in [0.15, 0.2) is 0 Å². The normalized spacial score (nSPS) is 15.6. The van der Waals surface area contributed by atoms with E-state index in [0.717, 1.165) is 33.3 Å². The van der Waals surface area contributed by atoms with Gasteiger partial charge in [-0.2, -0.15) is 8.42 Å². The van der Waals surface area contributed by atoms with Crippen molar-refractivity contribution in [3.63, 3.8) is 0 Å². The van der Waals surface area contributed by atoms with E-state index in [2.05, 4.69) is 10.3 Å². The summed E-state index contributed by atoms with van der Waals surface area (Å²) in [5, 5.41) is 4.01. The van der Waals surface area contributed by atoms with Gasteiger partial charge in [0.1, 0.15) is 0 Å². The molecule has 0 saturated heterocycles. The molecule has 1 aliphatic rings. The molecule has 0 bridgehead atoms. The fourth-order valence-electron chi connectivity index (χ4n) is 3.03. The van der Waals surface area contributed by atoms with E-state index in [1.807, 2.05) is 30.5 Å². The Kier molecular flexibility index (Phi) is 3.16. The third-order valence-corrected chi connectivity index (χ3v) is 5.06. The Bertz CT molecular complexity index is 1100. The predicted molar refractivity (Wildman–Crippen MR) is 95.3 cm³/mol. The summed E-state index contributed by atoms with van der Waals surface area (Å²) in [4.78, 5) is 2.99. The summed E-state index contributed by atoms with van der Waals surface area (Å²) in [6.45, 7) is 0.647. The molecule has 24 heavy (non-hydrogen) atoms. The van der Waals surface area contributed by atoms with Gasteiger partial charge >= 0.3 is 0 Å². The average Bonchev–Trinajstić information content (AvgIpc) is 3.12. The van der Waals surface area contributed by atoms with E-state index in [-0.39, 0.29) is 4.90 Å². The van der Waals surface area contributed by atoms with E-state index in [1.54, 1.807) is 6.07 Å². The summed E-state index contributed by atoms with van der Waals surface area (Å²) in [5.41, 5.74) is 11.3. The van der Waals surface area contributed by atoms with Crippen molar-refractivity contribution >= 4 is 44.0 Å². The number of H-pyrrole nitrogens is 1. The highest BCUT2D eigenvalue weighted by molar-refractivity contribution is 7.85. The van der Waals surface area contributed by atoms with Gasteiger partial charge in [0, 0.05) is 34.8 Å². The van der Waals surface area contributed by atoms with Crippen LogP contribution in [0.4, 0.5) is 11.4 Å². The number of anilines is 2. The van der Waals surface area contributed by atoms with E-state index < -0.39 is 10.1 Å². The van der Waals surface area contributed by atoms with Crippen molar-refractivity contribution in [1.29, 1.82) is 0 Å². The smallest absolute Gasteiger partial charge is 0.294 e. The van der Waals surface area contributed by atoms with E-state index >= 15 is 0 Å². The third-order valence-electron chi connectivity index (χ3n) is 4.21. The van der Waals surface area contributed by atoms with E-state index in [1.165, 1.54) is 12.1 Å². The number of hydrogen-bond donors (Lipinski definition) is 4. The molecule has 0 radical (unpaired) electrons. The summed E-state index contributed by atoms with van der Waals surface area (Å²) in [7, 11) is -4.23. The molecule has 6 nitrogen and oxygen atoms in total. The highest BCUT2D eigenvalue weighted by Gasteiger charge is 2.18. The van der Waals surface area contributed by atoms with Crippen molar-refractivity contribution in [2.75, 3.05) is 17.6 Å². The fourth-order valence-corrected chi connectivity index (χ4v) is 3.54. The Morgan fingerprint density at radius 2 is 2.04 bits per heavy atom. The van der Waals surface area contributed by atoms with Crippen LogP contribution < -0.4 is 11.1 Å². The van der Waals surface area contributed by atoms with Crippen LogP contribution in [0.15, 0.2) is 47.5 Å². The largest absolute Gasteiger partial charge is 0.397 e. The van der Waals surface area contributed by atoms with Crippen molar-refractivity contribution in [2.24, 2.45) is 0 Å². The molecule has 1 aliphatic heterocycles. The van der Waals surface area contributed by atoms with Gasteiger partial charge < -0.3 is 16.0 Å². The molecular weight excluding hydrogens is 326 g/mol. The lowest BCUT2D eigenvalue weighted by atomic mass is 10.0. The Morgan fingerprint density at radius 3 is 2.83 bits per heavy atom. The Balaban J connectivity index is 1.86. The minimum Gasteiger partial charge on any atom is -0.397 e. The number of hydrogen-bond acceptors (Lipinski definition) is 4.